The van der Waals surface area contributed by atoms with Crippen LogP contribution in [0.4, 0.5) is 0 Å². The van der Waals surface area contributed by atoms with Gasteiger partial charge < -0.3 is 0 Å². The maximum Gasteiger partial charge on any atom is 0.262 e. The normalized spacial score (nSPS) is 11.2. The average molecular weight is 380 g/mol. The first-order chi connectivity index (χ1) is 13.1. The van der Waals surface area contributed by atoms with Crippen molar-refractivity contribution in [1.82, 2.24) is 9.55 Å². The quantitative estimate of drug-likeness (QED) is 0.509. The van der Waals surface area contributed by atoms with E-state index in [1.54, 1.807) is 4.57 Å². The molecule has 0 saturated carbocycles. The zero-order valence-corrected chi connectivity index (χ0v) is 17.0. The van der Waals surface area contributed by atoms with Crippen LogP contribution in [0.25, 0.3) is 21.3 Å². The summed E-state index contributed by atoms with van der Waals surface area (Å²) in [7, 11) is 0. The zero-order valence-electron chi connectivity index (χ0n) is 16.2. The maximum absolute atomic E-state index is 13.3. The molecule has 3 aromatic rings. The summed E-state index contributed by atoms with van der Waals surface area (Å²) < 4.78 is 1.78. The van der Waals surface area contributed by atoms with Crippen LogP contribution in [0, 0.1) is 11.3 Å². The van der Waals surface area contributed by atoms with Crippen molar-refractivity contribution in [1.29, 1.82) is 5.26 Å². The molecule has 1 aromatic carbocycles. The standard InChI is InChI=1S/C22H25N3OS/c1-4-7-19-24-21-20(22(26)25(19)13-6-5-12-23)18(14-27-21)17-10-8-16(9-11-17)15(2)3/h8-11,14-15H,4-7,13H2,1-3H3. The lowest BCUT2D eigenvalue weighted by Crippen LogP contribution is -2.25. The van der Waals surface area contributed by atoms with Gasteiger partial charge in [0.25, 0.3) is 5.56 Å². The van der Waals surface area contributed by atoms with Crippen molar-refractivity contribution < 1.29 is 0 Å². The number of aromatic nitrogens is 2. The van der Waals surface area contributed by atoms with Crippen molar-refractivity contribution >= 4 is 21.6 Å². The minimum atomic E-state index is 0.0191. The Balaban J connectivity index is 2.11. The molecule has 0 atom stereocenters. The van der Waals surface area contributed by atoms with Crippen molar-refractivity contribution in [2.45, 2.75) is 58.9 Å². The summed E-state index contributed by atoms with van der Waals surface area (Å²) in [6, 6.07) is 10.6. The molecule has 0 N–H and O–H groups in total. The van der Waals surface area contributed by atoms with Crippen molar-refractivity contribution in [3.05, 3.63) is 51.4 Å². The van der Waals surface area contributed by atoms with Crippen LogP contribution in [-0.4, -0.2) is 9.55 Å². The third-order valence-corrected chi connectivity index (χ3v) is 5.68. The Kier molecular flexibility index (Phi) is 6.08. The first-order valence-corrected chi connectivity index (χ1v) is 10.4. The zero-order chi connectivity index (χ0) is 19.4. The lowest BCUT2D eigenvalue weighted by atomic mass is 9.99. The van der Waals surface area contributed by atoms with Gasteiger partial charge in [-0.15, -0.1) is 11.3 Å². The van der Waals surface area contributed by atoms with Crippen LogP contribution in [-0.2, 0) is 13.0 Å². The van der Waals surface area contributed by atoms with E-state index in [4.69, 9.17) is 10.2 Å². The highest BCUT2D eigenvalue weighted by atomic mass is 32.1. The van der Waals surface area contributed by atoms with Crippen LogP contribution in [0.1, 0.15) is 57.3 Å². The Morgan fingerprint density at radius 1 is 1.26 bits per heavy atom. The van der Waals surface area contributed by atoms with Crippen LogP contribution in [0.3, 0.4) is 0 Å². The number of hydrogen-bond donors (Lipinski definition) is 0. The van der Waals surface area contributed by atoms with Gasteiger partial charge in [-0.3, -0.25) is 9.36 Å². The van der Waals surface area contributed by atoms with E-state index in [0.717, 1.165) is 34.6 Å². The van der Waals surface area contributed by atoms with E-state index in [0.29, 0.717) is 30.7 Å². The fourth-order valence-electron chi connectivity index (χ4n) is 3.29. The lowest BCUT2D eigenvalue weighted by Gasteiger charge is -2.12. The van der Waals surface area contributed by atoms with Gasteiger partial charge in [-0.25, -0.2) is 4.98 Å². The molecule has 0 unspecified atom stereocenters. The molecule has 4 nitrogen and oxygen atoms in total. The van der Waals surface area contributed by atoms with Gasteiger partial charge in [0.1, 0.15) is 10.7 Å². The molecule has 2 aromatic heterocycles. The van der Waals surface area contributed by atoms with Crippen molar-refractivity contribution in [3.8, 4) is 17.2 Å². The molecule has 0 spiro atoms. The topological polar surface area (TPSA) is 58.7 Å². The van der Waals surface area contributed by atoms with Gasteiger partial charge in [0, 0.05) is 30.3 Å². The summed E-state index contributed by atoms with van der Waals surface area (Å²) in [4.78, 5) is 18.9. The van der Waals surface area contributed by atoms with E-state index < -0.39 is 0 Å². The Bertz CT molecular complexity index is 1020. The van der Waals surface area contributed by atoms with Crippen molar-refractivity contribution in [3.63, 3.8) is 0 Å². The van der Waals surface area contributed by atoms with E-state index in [2.05, 4.69) is 51.1 Å². The van der Waals surface area contributed by atoms with Gasteiger partial charge in [0.05, 0.1) is 11.5 Å². The van der Waals surface area contributed by atoms with Gasteiger partial charge in [0.15, 0.2) is 0 Å². The molecule has 0 radical (unpaired) electrons. The van der Waals surface area contributed by atoms with Crippen LogP contribution < -0.4 is 5.56 Å². The third kappa shape index (κ3) is 3.96. The molecular weight excluding hydrogens is 354 g/mol. The highest BCUT2D eigenvalue weighted by Crippen LogP contribution is 2.32. The molecule has 0 fully saturated rings. The van der Waals surface area contributed by atoms with E-state index >= 15 is 0 Å². The number of aryl methyl sites for hydroxylation is 1. The second kappa shape index (κ2) is 8.49. The average Bonchev–Trinajstić information content (AvgIpc) is 3.08. The molecule has 0 aliphatic rings. The Hall–Kier alpha value is -2.45. The number of thiophene rings is 1. The lowest BCUT2D eigenvalue weighted by molar-refractivity contribution is 0.585. The predicted molar refractivity (Wildman–Crippen MR) is 112 cm³/mol. The third-order valence-electron chi connectivity index (χ3n) is 4.81. The fraction of sp³-hybridized carbons (Fsp3) is 0.409. The van der Waals surface area contributed by atoms with Gasteiger partial charge in [-0.2, -0.15) is 5.26 Å². The summed E-state index contributed by atoms with van der Waals surface area (Å²) in [5.74, 6) is 1.31. The monoisotopic (exact) mass is 379 g/mol. The summed E-state index contributed by atoms with van der Waals surface area (Å²) in [6.45, 7) is 6.99. The summed E-state index contributed by atoms with van der Waals surface area (Å²) in [6.07, 6.45) is 2.82. The molecule has 3 rings (SSSR count). The number of nitriles is 1. The van der Waals surface area contributed by atoms with E-state index in [-0.39, 0.29) is 5.56 Å². The SMILES string of the molecule is CCCc1nc2scc(-c3ccc(C(C)C)cc3)c2c(=O)n1CCCC#N. The van der Waals surface area contributed by atoms with Gasteiger partial charge in [0.2, 0.25) is 0 Å². The van der Waals surface area contributed by atoms with Gasteiger partial charge >= 0.3 is 0 Å². The minimum absolute atomic E-state index is 0.0191. The van der Waals surface area contributed by atoms with Crippen LogP contribution in [0.5, 0.6) is 0 Å². The van der Waals surface area contributed by atoms with Crippen LogP contribution in [0.2, 0.25) is 0 Å². The smallest absolute Gasteiger partial charge is 0.262 e. The number of benzene rings is 1. The fourth-order valence-corrected chi connectivity index (χ4v) is 4.24. The molecule has 0 bridgehead atoms. The highest BCUT2D eigenvalue weighted by Gasteiger charge is 2.16. The molecule has 2 heterocycles. The predicted octanol–water partition coefficient (Wildman–Crippen LogP) is 5.50. The first-order valence-electron chi connectivity index (χ1n) is 9.55. The maximum atomic E-state index is 13.3. The molecule has 0 saturated heterocycles. The molecule has 0 amide bonds. The van der Waals surface area contributed by atoms with E-state index in [1.165, 1.54) is 16.9 Å². The Morgan fingerprint density at radius 2 is 2.00 bits per heavy atom. The van der Waals surface area contributed by atoms with Gasteiger partial charge in [-0.1, -0.05) is 45.0 Å². The van der Waals surface area contributed by atoms with Crippen molar-refractivity contribution in [2.75, 3.05) is 0 Å². The minimum Gasteiger partial charge on any atom is -0.296 e. The molecule has 0 aliphatic carbocycles. The first kappa shape index (κ1) is 19.3. The largest absolute Gasteiger partial charge is 0.296 e. The van der Waals surface area contributed by atoms with Crippen molar-refractivity contribution in [2.24, 2.45) is 0 Å². The molecular formula is C22H25N3OS. The molecule has 140 valence electrons. The number of hydrogen-bond acceptors (Lipinski definition) is 4. The Labute approximate surface area is 164 Å². The summed E-state index contributed by atoms with van der Waals surface area (Å²) in [5, 5.41) is 11.6. The Morgan fingerprint density at radius 3 is 2.63 bits per heavy atom. The summed E-state index contributed by atoms with van der Waals surface area (Å²) >= 11 is 1.53. The van der Waals surface area contributed by atoms with Gasteiger partial charge in [-0.05, 0) is 29.9 Å². The van der Waals surface area contributed by atoms with Crippen LogP contribution in [0.15, 0.2) is 34.4 Å². The summed E-state index contributed by atoms with van der Waals surface area (Å²) in [5.41, 5.74) is 3.32. The number of unbranched alkanes of at least 4 members (excludes halogenated alkanes) is 1. The molecule has 27 heavy (non-hydrogen) atoms. The number of rotatable bonds is 7. The second-order valence-corrected chi connectivity index (χ2v) is 7.96. The van der Waals surface area contributed by atoms with Crippen LogP contribution >= 0.6 is 11.3 Å². The molecule has 5 heteroatoms. The number of nitrogens with zero attached hydrogens (tertiary/aromatic N) is 3. The highest BCUT2D eigenvalue weighted by molar-refractivity contribution is 7.17. The van der Waals surface area contributed by atoms with E-state index in [9.17, 15) is 4.79 Å². The molecule has 0 aliphatic heterocycles. The number of fused-ring (bicyclic) bond motifs is 1. The van der Waals surface area contributed by atoms with E-state index in [1.807, 2.05) is 5.38 Å². The second-order valence-electron chi connectivity index (χ2n) is 7.10.